The van der Waals surface area contributed by atoms with Crippen molar-refractivity contribution in [2.24, 2.45) is 5.92 Å². The Balaban J connectivity index is 2.13. The van der Waals surface area contributed by atoms with Crippen LogP contribution in [0, 0.1) is 5.92 Å². The monoisotopic (exact) mass is 344 g/mol. The standard InChI is InChI=1S/C24H28N2/c1-5-16-25(4)24-18-19(3)26-17-10-9-13-23(26)22-12-8-7-11-21(22)15-14-20(24)6-2/h5-13,16-17,20,24H,2-4,14-15,18H2,1H3/q+2/b16-5-. The zero-order chi connectivity index (χ0) is 18.5. The minimum Gasteiger partial charge on any atom is -0.208 e. The van der Waals surface area contributed by atoms with E-state index in [1.165, 1.54) is 16.8 Å². The number of nitrogens with zero attached hydrogens (tertiary/aromatic N) is 2. The summed E-state index contributed by atoms with van der Waals surface area (Å²) in [7, 11) is 0. The molecule has 3 rings (SSSR count). The van der Waals surface area contributed by atoms with Gasteiger partial charge in [-0.1, -0.05) is 24.3 Å². The Kier molecular flexibility index (Phi) is 5.62. The number of hydrogen-bond donors (Lipinski definition) is 0. The molecular weight excluding hydrogens is 316 g/mol. The zero-order valence-corrected chi connectivity index (χ0v) is 15.6. The quantitative estimate of drug-likeness (QED) is 0.426. The predicted molar refractivity (Wildman–Crippen MR) is 110 cm³/mol. The maximum Gasteiger partial charge on any atom is 0.218 e. The largest absolute Gasteiger partial charge is 0.218 e. The van der Waals surface area contributed by atoms with Gasteiger partial charge in [0.2, 0.25) is 5.69 Å². The highest BCUT2D eigenvalue weighted by Gasteiger charge is 2.32. The van der Waals surface area contributed by atoms with Crippen molar-refractivity contribution in [3.8, 4) is 11.3 Å². The molecule has 2 heteroatoms. The van der Waals surface area contributed by atoms with E-state index in [2.05, 4.69) is 83.8 Å². The molecule has 0 fully saturated rings. The fraction of sp³-hybridized carbons (Fsp3) is 0.250. The second-order valence-electron chi connectivity index (χ2n) is 6.89. The summed E-state index contributed by atoms with van der Waals surface area (Å²) in [4.78, 5) is 0. The maximum absolute atomic E-state index is 4.41. The van der Waals surface area contributed by atoms with Crippen LogP contribution in [0.3, 0.4) is 0 Å². The van der Waals surface area contributed by atoms with Crippen LogP contribution in [0.4, 0.5) is 0 Å². The van der Waals surface area contributed by atoms with Gasteiger partial charge in [0, 0.05) is 23.6 Å². The lowest BCUT2D eigenvalue weighted by atomic mass is 9.87. The summed E-state index contributed by atoms with van der Waals surface area (Å²) in [6.45, 7) is 14.8. The van der Waals surface area contributed by atoms with Gasteiger partial charge >= 0.3 is 0 Å². The van der Waals surface area contributed by atoms with Gasteiger partial charge in [0.05, 0.1) is 6.42 Å². The van der Waals surface area contributed by atoms with Crippen LogP contribution in [0.5, 0.6) is 0 Å². The Morgan fingerprint density at radius 1 is 1.15 bits per heavy atom. The van der Waals surface area contributed by atoms with Crippen molar-refractivity contribution in [3.63, 3.8) is 0 Å². The molecule has 1 aromatic heterocycles. The first-order valence-electron chi connectivity index (χ1n) is 9.27. The molecule has 132 valence electrons. The average Bonchev–Trinajstić information content (AvgIpc) is 2.67. The number of aryl methyl sites for hydroxylation is 1. The predicted octanol–water partition coefficient (Wildman–Crippen LogP) is 4.87. The molecule has 0 radical (unpaired) electrons. The van der Waals surface area contributed by atoms with Gasteiger partial charge in [0.15, 0.2) is 24.1 Å². The maximum atomic E-state index is 4.41. The minimum absolute atomic E-state index is 0.238. The summed E-state index contributed by atoms with van der Waals surface area (Å²) in [5, 5.41) is 0. The number of rotatable bonds is 3. The van der Waals surface area contributed by atoms with Gasteiger partial charge in [0.1, 0.15) is 6.72 Å². The van der Waals surface area contributed by atoms with E-state index in [1.807, 2.05) is 19.2 Å². The second kappa shape index (κ2) is 8.09. The van der Waals surface area contributed by atoms with Crippen molar-refractivity contribution in [2.45, 2.75) is 32.2 Å². The first-order chi connectivity index (χ1) is 12.7. The molecule has 0 saturated heterocycles. The Labute approximate surface area is 157 Å². The van der Waals surface area contributed by atoms with Crippen LogP contribution in [-0.2, 0) is 6.42 Å². The lowest BCUT2D eigenvalue weighted by Crippen LogP contribution is -2.39. The lowest BCUT2D eigenvalue weighted by Gasteiger charge is -2.22. The number of aromatic nitrogens is 1. The third-order valence-corrected chi connectivity index (χ3v) is 5.25. The van der Waals surface area contributed by atoms with Gasteiger partial charge in [-0.15, -0.1) is 6.58 Å². The van der Waals surface area contributed by atoms with Gasteiger partial charge in [-0.3, -0.25) is 0 Å². The van der Waals surface area contributed by atoms with Crippen molar-refractivity contribution < 1.29 is 9.14 Å². The highest BCUT2D eigenvalue weighted by molar-refractivity contribution is 5.62. The first kappa shape index (κ1) is 18.1. The third-order valence-electron chi connectivity index (χ3n) is 5.25. The molecule has 1 aromatic carbocycles. The van der Waals surface area contributed by atoms with Crippen LogP contribution in [0.15, 0.2) is 80.2 Å². The molecule has 2 nitrogen and oxygen atoms in total. The van der Waals surface area contributed by atoms with E-state index in [0.717, 1.165) is 25.0 Å². The Bertz CT molecular complexity index is 860. The Hall–Kier alpha value is -2.74. The average molecular weight is 345 g/mol. The summed E-state index contributed by atoms with van der Waals surface area (Å²) < 4.78 is 4.29. The van der Waals surface area contributed by atoms with Crippen LogP contribution >= 0.6 is 0 Å². The van der Waals surface area contributed by atoms with E-state index in [1.54, 1.807) is 0 Å². The van der Waals surface area contributed by atoms with Gasteiger partial charge in [-0.05, 0) is 50.1 Å². The fourth-order valence-corrected chi connectivity index (χ4v) is 3.87. The van der Waals surface area contributed by atoms with Crippen molar-refractivity contribution in [1.82, 2.24) is 0 Å². The number of pyridine rings is 1. The van der Waals surface area contributed by atoms with Gasteiger partial charge in [-0.2, -0.15) is 4.57 Å². The normalized spacial score (nSPS) is 20.3. The third kappa shape index (κ3) is 3.60. The summed E-state index contributed by atoms with van der Waals surface area (Å²) in [5.74, 6) is 0.347. The van der Waals surface area contributed by atoms with Crippen LogP contribution < -0.4 is 4.57 Å². The van der Waals surface area contributed by atoms with Crippen molar-refractivity contribution >= 4 is 12.4 Å². The number of allylic oxidation sites excluding steroid dienone is 1. The van der Waals surface area contributed by atoms with Gasteiger partial charge in [-0.25, -0.2) is 4.58 Å². The molecule has 0 N–H and O–H groups in total. The highest BCUT2D eigenvalue weighted by Crippen LogP contribution is 2.29. The smallest absolute Gasteiger partial charge is 0.208 e. The van der Waals surface area contributed by atoms with E-state index in [0.29, 0.717) is 5.92 Å². The van der Waals surface area contributed by atoms with Crippen LogP contribution in [0.25, 0.3) is 17.0 Å². The molecule has 1 aliphatic heterocycles. The molecule has 2 atom stereocenters. The van der Waals surface area contributed by atoms with E-state index >= 15 is 0 Å². The summed E-state index contributed by atoms with van der Waals surface area (Å²) in [6.07, 6.45) is 11.2. The minimum atomic E-state index is 0.238. The second-order valence-corrected chi connectivity index (χ2v) is 6.89. The van der Waals surface area contributed by atoms with E-state index in [-0.39, 0.29) is 6.04 Å². The lowest BCUT2D eigenvalue weighted by molar-refractivity contribution is -0.578. The van der Waals surface area contributed by atoms with Crippen molar-refractivity contribution in [3.05, 3.63) is 85.7 Å². The van der Waals surface area contributed by atoms with Gasteiger partial charge in [0.25, 0.3) is 0 Å². The SMILES string of the molecule is C=CC1CCc2ccccc2-c2cccc[n+]2C(=C)CC1[N+](=C)/C=C\C. The molecule has 26 heavy (non-hydrogen) atoms. The number of benzene rings is 1. The molecule has 0 saturated carbocycles. The van der Waals surface area contributed by atoms with Crippen LogP contribution in [0.2, 0.25) is 0 Å². The van der Waals surface area contributed by atoms with E-state index in [9.17, 15) is 0 Å². The van der Waals surface area contributed by atoms with Crippen molar-refractivity contribution in [2.75, 3.05) is 0 Å². The highest BCUT2D eigenvalue weighted by atomic mass is 15.0. The molecule has 0 spiro atoms. The van der Waals surface area contributed by atoms with Crippen LogP contribution in [-0.4, -0.2) is 17.3 Å². The van der Waals surface area contributed by atoms with Crippen molar-refractivity contribution in [1.29, 1.82) is 0 Å². The van der Waals surface area contributed by atoms with E-state index < -0.39 is 0 Å². The molecule has 2 unspecified atom stereocenters. The van der Waals surface area contributed by atoms with Gasteiger partial charge < -0.3 is 0 Å². The molecule has 0 amide bonds. The molecule has 0 bridgehead atoms. The topological polar surface area (TPSA) is 6.89 Å². The molecule has 2 aromatic rings. The Morgan fingerprint density at radius 3 is 2.69 bits per heavy atom. The summed E-state index contributed by atoms with van der Waals surface area (Å²) in [6, 6.07) is 15.3. The molecule has 2 heterocycles. The molecule has 1 aliphatic rings. The first-order valence-corrected chi connectivity index (χ1v) is 9.27. The number of hydrogen-bond acceptors (Lipinski definition) is 0. The summed E-state index contributed by atoms with van der Waals surface area (Å²) in [5.41, 5.74) is 4.93. The fourth-order valence-electron chi connectivity index (χ4n) is 3.87. The summed E-state index contributed by atoms with van der Waals surface area (Å²) >= 11 is 0. The van der Waals surface area contributed by atoms with Crippen LogP contribution in [0.1, 0.15) is 25.3 Å². The van der Waals surface area contributed by atoms with E-state index in [4.69, 9.17) is 0 Å². The Morgan fingerprint density at radius 2 is 1.92 bits per heavy atom. The molecular formula is C24H28N2+2. The molecule has 0 aliphatic carbocycles. The zero-order valence-electron chi connectivity index (χ0n) is 15.6. The number of fused-ring (bicyclic) bond motifs is 3.